The van der Waals surface area contributed by atoms with Gasteiger partial charge >= 0.3 is 0 Å². The molecule has 0 bridgehead atoms. The van der Waals surface area contributed by atoms with Gasteiger partial charge in [0.15, 0.2) is 0 Å². The predicted octanol–water partition coefficient (Wildman–Crippen LogP) is 0.805. The number of aliphatic hydroxyl groups is 1. The molecular weight excluding hydrogens is 172 g/mol. The zero-order valence-electron chi connectivity index (χ0n) is 7.44. The number of hydrogen-bond donors (Lipinski definition) is 1. The van der Waals surface area contributed by atoms with Gasteiger partial charge in [-0.1, -0.05) is 0 Å². The van der Waals surface area contributed by atoms with Gasteiger partial charge in [-0.15, -0.1) is 0 Å². The van der Waals surface area contributed by atoms with Crippen molar-refractivity contribution in [3.05, 3.63) is 24.2 Å². The van der Waals surface area contributed by atoms with Crippen molar-refractivity contribution < 1.29 is 19.0 Å². The number of aliphatic hydroxyl groups excluding tert-OH is 1. The first-order valence-corrected chi connectivity index (χ1v) is 4.22. The van der Waals surface area contributed by atoms with Gasteiger partial charge in [-0.05, 0) is 12.1 Å². The van der Waals surface area contributed by atoms with E-state index >= 15 is 0 Å². The molecule has 0 saturated carbocycles. The van der Waals surface area contributed by atoms with E-state index < -0.39 is 0 Å². The fourth-order valence-corrected chi connectivity index (χ4v) is 0.842. The zero-order valence-corrected chi connectivity index (χ0v) is 7.44. The molecule has 0 amide bonds. The minimum Gasteiger partial charge on any atom is -0.467 e. The molecular formula is C9H14O4. The summed E-state index contributed by atoms with van der Waals surface area (Å²) in [5.74, 6) is 0.611. The number of furan rings is 1. The van der Waals surface area contributed by atoms with Crippen LogP contribution in [0.15, 0.2) is 22.8 Å². The highest BCUT2D eigenvalue weighted by atomic mass is 16.6. The second-order valence-corrected chi connectivity index (χ2v) is 2.46. The van der Waals surface area contributed by atoms with Crippen LogP contribution in [-0.2, 0) is 16.1 Å². The standard InChI is InChI=1S/C5H6O2.C4H8O2/c6-4-5-2-1-3-7-5;1-2-6-4-3-5-1/h1-3,6H,4H2;1-4H2. The molecule has 0 aliphatic carbocycles. The molecule has 0 unspecified atom stereocenters. The molecule has 0 radical (unpaired) electrons. The highest BCUT2D eigenvalue weighted by Gasteiger charge is 1.94. The van der Waals surface area contributed by atoms with Crippen LogP contribution in [0.5, 0.6) is 0 Å². The molecule has 4 nitrogen and oxygen atoms in total. The van der Waals surface area contributed by atoms with Gasteiger partial charge in [0, 0.05) is 0 Å². The van der Waals surface area contributed by atoms with Crippen molar-refractivity contribution in [1.82, 2.24) is 0 Å². The first kappa shape index (κ1) is 10.2. The predicted molar refractivity (Wildman–Crippen MR) is 46.3 cm³/mol. The average molecular weight is 186 g/mol. The van der Waals surface area contributed by atoms with Gasteiger partial charge in [0.1, 0.15) is 12.4 Å². The summed E-state index contributed by atoms with van der Waals surface area (Å²) < 4.78 is 14.6. The Morgan fingerprint density at radius 1 is 1.15 bits per heavy atom. The molecule has 1 N–H and O–H groups in total. The third kappa shape index (κ3) is 4.67. The number of rotatable bonds is 1. The summed E-state index contributed by atoms with van der Waals surface area (Å²) in [7, 11) is 0. The van der Waals surface area contributed by atoms with Crippen molar-refractivity contribution in [1.29, 1.82) is 0 Å². The van der Waals surface area contributed by atoms with Crippen LogP contribution in [0.3, 0.4) is 0 Å². The summed E-state index contributed by atoms with van der Waals surface area (Å²) in [6, 6.07) is 3.46. The van der Waals surface area contributed by atoms with E-state index in [1.807, 2.05) is 0 Å². The lowest BCUT2D eigenvalue weighted by atomic mass is 10.5. The minimum atomic E-state index is -0.00694. The van der Waals surface area contributed by atoms with Crippen LogP contribution < -0.4 is 0 Å². The van der Waals surface area contributed by atoms with Crippen molar-refractivity contribution in [2.24, 2.45) is 0 Å². The second kappa shape index (κ2) is 6.65. The van der Waals surface area contributed by atoms with Crippen molar-refractivity contribution in [2.45, 2.75) is 6.61 Å². The molecule has 1 aliphatic rings. The number of ether oxygens (including phenoxy) is 2. The lowest BCUT2D eigenvalue weighted by Crippen LogP contribution is -2.16. The molecule has 0 atom stereocenters. The van der Waals surface area contributed by atoms with E-state index in [1.54, 1.807) is 12.1 Å². The Kier molecular flexibility index (Phi) is 5.24. The van der Waals surface area contributed by atoms with Gasteiger partial charge in [-0.3, -0.25) is 0 Å². The quantitative estimate of drug-likeness (QED) is 0.705. The Hall–Kier alpha value is -0.840. The molecule has 0 spiro atoms. The molecule has 1 fully saturated rings. The van der Waals surface area contributed by atoms with E-state index in [2.05, 4.69) is 0 Å². The zero-order chi connectivity index (χ0) is 9.36. The van der Waals surface area contributed by atoms with Crippen molar-refractivity contribution in [2.75, 3.05) is 26.4 Å². The molecule has 4 heteroatoms. The van der Waals surface area contributed by atoms with E-state index in [-0.39, 0.29) is 6.61 Å². The van der Waals surface area contributed by atoms with Crippen LogP contribution in [0.4, 0.5) is 0 Å². The van der Waals surface area contributed by atoms with E-state index in [4.69, 9.17) is 19.0 Å². The molecule has 2 heterocycles. The van der Waals surface area contributed by atoms with Crippen LogP contribution in [0.1, 0.15) is 5.76 Å². The number of hydrogen-bond acceptors (Lipinski definition) is 4. The lowest BCUT2D eigenvalue weighted by molar-refractivity contribution is -0.0334. The topological polar surface area (TPSA) is 51.8 Å². The summed E-state index contributed by atoms with van der Waals surface area (Å²) in [5.41, 5.74) is 0. The van der Waals surface area contributed by atoms with E-state index in [0.29, 0.717) is 5.76 Å². The summed E-state index contributed by atoms with van der Waals surface area (Å²) >= 11 is 0. The van der Waals surface area contributed by atoms with Gasteiger partial charge in [-0.25, -0.2) is 0 Å². The maximum atomic E-state index is 8.33. The Bertz CT molecular complexity index is 180. The fourth-order valence-electron chi connectivity index (χ4n) is 0.842. The first-order valence-electron chi connectivity index (χ1n) is 4.22. The van der Waals surface area contributed by atoms with Crippen molar-refractivity contribution in [3.8, 4) is 0 Å². The minimum absolute atomic E-state index is 0.00694. The van der Waals surface area contributed by atoms with E-state index in [1.165, 1.54) is 6.26 Å². The second-order valence-electron chi connectivity index (χ2n) is 2.46. The summed E-state index contributed by atoms with van der Waals surface area (Å²) in [6.07, 6.45) is 1.53. The van der Waals surface area contributed by atoms with Gasteiger partial charge in [-0.2, -0.15) is 0 Å². The molecule has 2 rings (SSSR count). The monoisotopic (exact) mass is 186 g/mol. The smallest absolute Gasteiger partial charge is 0.129 e. The molecule has 1 saturated heterocycles. The van der Waals surface area contributed by atoms with Crippen LogP contribution >= 0.6 is 0 Å². The van der Waals surface area contributed by atoms with Crippen molar-refractivity contribution in [3.63, 3.8) is 0 Å². The molecule has 13 heavy (non-hydrogen) atoms. The van der Waals surface area contributed by atoms with Gasteiger partial charge in [0.2, 0.25) is 0 Å². The van der Waals surface area contributed by atoms with Crippen molar-refractivity contribution >= 4 is 0 Å². The maximum absolute atomic E-state index is 8.33. The molecule has 1 aromatic heterocycles. The van der Waals surface area contributed by atoms with Gasteiger partial charge in [0.25, 0.3) is 0 Å². The fraction of sp³-hybridized carbons (Fsp3) is 0.556. The highest BCUT2D eigenvalue weighted by Crippen LogP contribution is 1.96. The highest BCUT2D eigenvalue weighted by molar-refractivity contribution is 4.95. The Labute approximate surface area is 77.1 Å². The van der Waals surface area contributed by atoms with Gasteiger partial charge in [0.05, 0.1) is 32.7 Å². The van der Waals surface area contributed by atoms with Gasteiger partial charge < -0.3 is 19.0 Å². The van der Waals surface area contributed by atoms with Crippen LogP contribution in [0.25, 0.3) is 0 Å². The third-order valence-electron chi connectivity index (χ3n) is 1.48. The normalized spacial score (nSPS) is 16.1. The molecule has 0 aromatic carbocycles. The lowest BCUT2D eigenvalue weighted by Gasteiger charge is -2.09. The van der Waals surface area contributed by atoms with Crippen LogP contribution in [0, 0.1) is 0 Å². The Morgan fingerprint density at radius 3 is 2.00 bits per heavy atom. The molecule has 1 aliphatic heterocycles. The summed E-state index contributed by atoms with van der Waals surface area (Å²) in [4.78, 5) is 0. The SMILES string of the molecule is C1COCCO1.OCc1ccco1. The van der Waals surface area contributed by atoms with E-state index in [9.17, 15) is 0 Å². The largest absolute Gasteiger partial charge is 0.467 e. The third-order valence-corrected chi connectivity index (χ3v) is 1.48. The maximum Gasteiger partial charge on any atom is 0.129 e. The Morgan fingerprint density at radius 2 is 1.77 bits per heavy atom. The average Bonchev–Trinajstić information content (AvgIpc) is 2.74. The van der Waals surface area contributed by atoms with Crippen LogP contribution in [-0.4, -0.2) is 31.5 Å². The Balaban J connectivity index is 0.000000132. The van der Waals surface area contributed by atoms with E-state index in [0.717, 1.165) is 26.4 Å². The van der Waals surface area contributed by atoms with Crippen LogP contribution in [0.2, 0.25) is 0 Å². The summed E-state index contributed by atoms with van der Waals surface area (Å²) in [6.45, 7) is 3.10. The summed E-state index contributed by atoms with van der Waals surface area (Å²) in [5, 5.41) is 8.33. The first-order chi connectivity index (χ1) is 6.43. The molecule has 1 aromatic rings. The molecule has 74 valence electrons.